The van der Waals surface area contributed by atoms with Crippen LogP contribution >= 0.6 is 0 Å². The molecule has 7 heteroatoms. The lowest BCUT2D eigenvalue weighted by molar-refractivity contribution is 0.0994. The van der Waals surface area contributed by atoms with E-state index in [-0.39, 0.29) is 11.6 Å². The number of hydrogen-bond acceptors (Lipinski definition) is 5. The first-order chi connectivity index (χ1) is 13.1. The topological polar surface area (TPSA) is 85.4 Å². The lowest BCUT2D eigenvalue weighted by Gasteiger charge is -2.07. The number of carbonyl (C=O) groups is 1. The standard InChI is InChI=1S/C20H21N3O4/c1-4-11-23-15-8-6-5-7-14(15)18(20(23)25)21-22-19(24)13-9-10-16(26-2)17(12-13)27-3/h5-10,12,25H,4,11H2,1-3H3. The highest BCUT2D eigenvalue weighted by atomic mass is 16.5. The van der Waals surface area contributed by atoms with Gasteiger partial charge in [0.1, 0.15) is 0 Å². The van der Waals surface area contributed by atoms with Gasteiger partial charge in [0.25, 0.3) is 5.91 Å². The van der Waals surface area contributed by atoms with E-state index in [1.165, 1.54) is 14.2 Å². The molecule has 0 spiro atoms. The number of methoxy groups -OCH3 is 2. The Morgan fingerprint density at radius 2 is 1.85 bits per heavy atom. The van der Waals surface area contributed by atoms with Crippen molar-refractivity contribution in [3.05, 3.63) is 48.0 Å². The largest absolute Gasteiger partial charge is 0.493 e. The molecular weight excluding hydrogens is 346 g/mol. The first-order valence-corrected chi connectivity index (χ1v) is 8.59. The first kappa shape index (κ1) is 18.4. The Morgan fingerprint density at radius 1 is 1.11 bits per heavy atom. The molecule has 1 aromatic heterocycles. The van der Waals surface area contributed by atoms with Gasteiger partial charge in [-0.25, -0.2) is 0 Å². The van der Waals surface area contributed by atoms with E-state index < -0.39 is 5.91 Å². The molecule has 7 nitrogen and oxygen atoms in total. The minimum Gasteiger partial charge on any atom is -0.493 e. The summed E-state index contributed by atoms with van der Waals surface area (Å²) in [5.74, 6) is 0.414. The van der Waals surface area contributed by atoms with E-state index in [1.54, 1.807) is 22.8 Å². The molecule has 2 aromatic carbocycles. The van der Waals surface area contributed by atoms with Gasteiger partial charge in [0, 0.05) is 17.5 Å². The fourth-order valence-corrected chi connectivity index (χ4v) is 2.94. The Kier molecular flexibility index (Phi) is 5.40. The van der Waals surface area contributed by atoms with Gasteiger partial charge < -0.3 is 19.1 Å². The Bertz CT molecular complexity index is 1010. The normalized spacial score (nSPS) is 11.2. The number of aryl methyl sites for hydroxylation is 1. The predicted octanol–water partition coefficient (Wildman–Crippen LogP) is 4.70. The molecule has 0 saturated carbocycles. The second-order valence-electron chi connectivity index (χ2n) is 5.92. The quantitative estimate of drug-likeness (QED) is 0.640. The zero-order chi connectivity index (χ0) is 19.4. The number of amides is 1. The Morgan fingerprint density at radius 3 is 2.56 bits per heavy atom. The molecular formula is C20H21N3O4. The molecule has 0 aliphatic heterocycles. The van der Waals surface area contributed by atoms with Crippen LogP contribution in [0.15, 0.2) is 52.7 Å². The molecule has 3 rings (SSSR count). The zero-order valence-corrected chi connectivity index (χ0v) is 15.5. The summed E-state index contributed by atoms with van der Waals surface area (Å²) in [5, 5.41) is 19.1. The van der Waals surface area contributed by atoms with Gasteiger partial charge in [-0.05, 0) is 30.7 Å². The highest BCUT2D eigenvalue weighted by Gasteiger charge is 2.16. The molecule has 0 fully saturated rings. The van der Waals surface area contributed by atoms with Crippen molar-refractivity contribution in [2.45, 2.75) is 19.9 Å². The van der Waals surface area contributed by atoms with E-state index >= 15 is 0 Å². The fourth-order valence-electron chi connectivity index (χ4n) is 2.94. The van der Waals surface area contributed by atoms with Gasteiger partial charge in [-0.2, -0.15) is 0 Å². The number of carbonyl (C=O) groups excluding carboxylic acids is 1. The molecule has 140 valence electrons. The number of benzene rings is 2. The molecule has 0 atom stereocenters. The molecule has 3 aromatic rings. The molecule has 1 N–H and O–H groups in total. The maximum atomic E-state index is 12.4. The van der Waals surface area contributed by atoms with Crippen LogP contribution in [0.3, 0.4) is 0 Å². The summed E-state index contributed by atoms with van der Waals surface area (Å²) < 4.78 is 12.1. The average Bonchev–Trinajstić information content (AvgIpc) is 2.97. The fraction of sp³-hybridized carbons (Fsp3) is 0.250. The minimum atomic E-state index is -0.539. The van der Waals surface area contributed by atoms with Gasteiger partial charge in [-0.3, -0.25) is 4.79 Å². The number of hydrogen-bond donors (Lipinski definition) is 1. The van der Waals surface area contributed by atoms with E-state index in [0.717, 1.165) is 17.3 Å². The van der Waals surface area contributed by atoms with Crippen LogP contribution in [0.1, 0.15) is 23.7 Å². The first-order valence-electron chi connectivity index (χ1n) is 8.59. The van der Waals surface area contributed by atoms with Gasteiger partial charge in [0.2, 0.25) is 5.88 Å². The van der Waals surface area contributed by atoms with Crippen molar-refractivity contribution in [1.82, 2.24) is 4.57 Å². The summed E-state index contributed by atoms with van der Waals surface area (Å²) in [7, 11) is 3.02. The Balaban J connectivity index is 1.97. The Labute approximate surface area is 156 Å². The van der Waals surface area contributed by atoms with Gasteiger partial charge in [0.05, 0.1) is 19.7 Å². The third-order valence-corrected chi connectivity index (χ3v) is 4.24. The third-order valence-electron chi connectivity index (χ3n) is 4.24. The molecule has 27 heavy (non-hydrogen) atoms. The number of aromatic nitrogens is 1. The molecule has 0 radical (unpaired) electrons. The van der Waals surface area contributed by atoms with Crippen molar-refractivity contribution in [3.63, 3.8) is 0 Å². The van der Waals surface area contributed by atoms with Crippen molar-refractivity contribution in [3.8, 4) is 17.4 Å². The number of fused-ring (bicyclic) bond motifs is 1. The maximum absolute atomic E-state index is 12.4. The molecule has 1 heterocycles. The van der Waals surface area contributed by atoms with Crippen molar-refractivity contribution in [1.29, 1.82) is 0 Å². The summed E-state index contributed by atoms with van der Waals surface area (Å²) in [6.45, 7) is 2.67. The van der Waals surface area contributed by atoms with E-state index in [2.05, 4.69) is 10.2 Å². The molecule has 0 aliphatic carbocycles. The van der Waals surface area contributed by atoms with Crippen LogP contribution in [-0.2, 0) is 6.54 Å². The molecule has 0 saturated heterocycles. The SMILES string of the molecule is CCCn1c(O)c(N=NC(=O)c2ccc(OC)c(OC)c2)c2ccccc21. The number of para-hydroxylation sites is 1. The van der Waals surface area contributed by atoms with Crippen molar-refractivity contribution < 1.29 is 19.4 Å². The van der Waals surface area contributed by atoms with Crippen LogP contribution in [0.2, 0.25) is 0 Å². The van der Waals surface area contributed by atoms with Crippen molar-refractivity contribution in [2.75, 3.05) is 14.2 Å². The number of rotatable bonds is 6. The van der Waals surface area contributed by atoms with E-state index in [9.17, 15) is 9.90 Å². The summed E-state index contributed by atoms with van der Waals surface area (Å²) in [6.07, 6.45) is 0.855. The zero-order valence-electron chi connectivity index (χ0n) is 15.5. The maximum Gasteiger partial charge on any atom is 0.295 e. The Hall–Kier alpha value is -3.35. The summed E-state index contributed by atoms with van der Waals surface area (Å²) >= 11 is 0. The van der Waals surface area contributed by atoms with Crippen LogP contribution < -0.4 is 9.47 Å². The highest BCUT2D eigenvalue weighted by molar-refractivity contribution is 5.97. The smallest absolute Gasteiger partial charge is 0.295 e. The lowest BCUT2D eigenvalue weighted by atomic mass is 10.2. The number of azo groups is 1. The monoisotopic (exact) mass is 367 g/mol. The lowest BCUT2D eigenvalue weighted by Crippen LogP contribution is -1.97. The highest BCUT2D eigenvalue weighted by Crippen LogP contribution is 2.39. The number of nitrogens with zero attached hydrogens (tertiary/aromatic N) is 3. The van der Waals surface area contributed by atoms with Gasteiger partial charge >= 0.3 is 0 Å². The van der Waals surface area contributed by atoms with Crippen molar-refractivity contribution in [2.24, 2.45) is 10.2 Å². The second kappa shape index (κ2) is 7.90. The predicted molar refractivity (Wildman–Crippen MR) is 102 cm³/mol. The number of aromatic hydroxyl groups is 1. The molecule has 0 unspecified atom stereocenters. The molecule has 1 amide bonds. The second-order valence-corrected chi connectivity index (χ2v) is 5.92. The van der Waals surface area contributed by atoms with Gasteiger partial charge in [-0.15, -0.1) is 10.2 Å². The van der Waals surface area contributed by atoms with Crippen LogP contribution in [0, 0.1) is 0 Å². The van der Waals surface area contributed by atoms with Crippen LogP contribution in [0.25, 0.3) is 10.9 Å². The molecule has 0 aliphatic rings. The van der Waals surface area contributed by atoms with Gasteiger partial charge in [0.15, 0.2) is 17.2 Å². The average molecular weight is 367 g/mol. The van der Waals surface area contributed by atoms with Crippen LogP contribution in [0.4, 0.5) is 5.69 Å². The van der Waals surface area contributed by atoms with E-state index in [0.29, 0.717) is 23.6 Å². The minimum absolute atomic E-state index is 0.00177. The summed E-state index contributed by atoms with van der Waals surface area (Å²) in [4.78, 5) is 12.4. The summed E-state index contributed by atoms with van der Waals surface area (Å²) in [5.41, 5.74) is 1.45. The van der Waals surface area contributed by atoms with Crippen LogP contribution in [-0.4, -0.2) is 29.8 Å². The van der Waals surface area contributed by atoms with Crippen molar-refractivity contribution >= 4 is 22.5 Å². The molecule has 0 bridgehead atoms. The van der Waals surface area contributed by atoms with Crippen LogP contribution in [0.5, 0.6) is 17.4 Å². The number of ether oxygens (including phenoxy) is 2. The van der Waals surface area contributed by atoms with E-state index in [4.69, 9.17) is 9.47 Å². The summed E-state index contributed by atoms with van der Waals surface area (Å²) in [6, 6.07) is 12.3. The van der Waals surface area contributed by atoms with Gasteiger partial charge in [-0.1, -0.05) is 25.1 Å². The van der Waals surface area contributed by atoms with E-state index in [1.807, 2.05) is 31.2 Å². The third kappa shape index (κ3) is 3.48.